The van der Waals surface area contributed by atoms with Gasteiger partial charge in [-0.15, -0.1) is 0 Å². The minimum absolute atomic E-state index is 0.0165. The molecule has 1 aliphatic heterocycles. The van der Waals surface area contributed by atoms with E-state index in [1.165, 1.54) is 6.92 Å². The highest BCUT2D eigenvalue weighted by atomic mass is 16.3. The Morgan fingerprint density at radius 1 is 0.565 bits per heavy atom. The predicted molar refractivity (Wildman–Crippen MR) is 264 cm³/mol. The molecule has 1 fully saturated rings. The lowest BCUT2D eigenvalue weighted by Gasteiger charge is -2.29. The van der Waals surface area contributed by atoms with E-state index in [4.69, 9.17) is 5.73 Å². The molecular formula is C52H71N9O8. The summed E-state index contributed by atoms with van der Waals surface area (Å²) in [6.45, 7) is 5.74. The molecule has 0 aliphatic carbocycles. The summed E-state index contributed by atoms with van der Waals surface area (Å²) in [6.07, 6.45) is 4.39. The number of aromatic amines is 1. The third kappa shape index (κ3) is 17.2. The molecule has 5 rings (SSSR count). The second-order valence-corrected chi connectivity index (χ2v) is 18.4. The molecule has 1 aliphatic rings. The molecule has 1 saturated heterocycles. The van der Waals surface area contributed by atoms with Gasteiger partial charge in [0.2, 0.25) is 41.4 Å². The van der Waals surface area contributed by atoms with Gasteiger partial charge in [0.05, 0.1) is 6.10 Å². The standard InChI is InChI=1S/C52H71N9O8/c1-33(2)28-41-49(66)59-44(31-37-32-55-39-23-14-13-22-38(37)39)51(68)57-40(24-15-16-26-53)48(65)61-46(34(3)62)52(69)60-42(29-35-18-8-6-9-19-35)47(64)54-27-17-5-4-12-25-45(63)56-43(50(67)58-41)30-36-20-10-7-11-21-36/h6-11,13-14,18-23,32-34,40-44,46,55,62H,4-5,12,15-17,24-31,53H2,1-3H3,(H,54,64)(H,56,63)(H,57,68)(H,58,67)(H,59,66)(H,60,69)(H,61,65)/t34-,40+,41+,42+,43+,44-,46+/m1/s1. The molecule has 17 nitrogen and oxygen atoms in total. The fourth-order valence-corrected chi connectivity index (χ4v) is 8.42. The molecule has 7 amide bonds. The van der Waals surface area contributed by atoms with Gasteiger partial charge in [-0.1, -0.05) is 106 Å². The average molecular weight is 950 g/mol. The summed E-state index contributed by atoms with van der Waals surface area (Å²) < 4.78 is 0. The van der Waals surface area contributed by atoms with Gasteiger partial charge in [-0.05, 0) is 80.7 Å². The number of rotatable bonds is 13. The maximum absolute atomic E-state index is 14.6. The number of nitrogens with two attached hydrogens (primary N) is 1. The van der Waals surface area contributed by atoms with Crippen molar-refractivity contribution in [3.8, 4) is 0 Å². The highest BCUT2D eigenvalue weighted by molar-refractivity contribution is 5.98. The molecule has 0 unspecified atom stereocenters. The van der Waals surface area contributed by atoms with Crippen LogP contribution in [0.4, 0.5) is 0 Å². The predicted octanol–water partition coefficient (Wildman–Crippen LogP) is 2.74. The van der Waals surface area contributed by atoms with Crippen LogP contribution in [0.1, 0.15) is 95.2 Å². The summed E-state index contributed by atoms with van der Waals surface area (Å²) in [4.78, 5) is 102. The average Bonchev–Trinajstić information content (AvgIpc) is 3.74. The number of hydrogen-bond acceptors (Lipinski definition) is 9. The molecule has 372 valence electrons. The van der Waals surface area contributed by atoms with Gasteiger partial charge in [-0.25, -0.2) is 0 Å². The second kappa shape index (κ2) is 27.4. The van der Waals surface area contributed by atoms with Crippen molar-refractivity contribution in [3.05, 3.63) is 108 Å². The largest absolute Gasteiger partial charge is 0.391 e. The van der Waals surface area contributed by atoms with Crippen molar-refractivity contribution in [1.29, 1.82) is 0 Å². The van der Waals surface area contributed by atoms with Crippen LogP contribution >= 0.6 is 0 Å². The van der Waals surface area contributed by atoms with Gasteiger partial charge in [0.15, 0.2) is 0 Å². The van der Waals surface area contributed by atoms with Gasteiger partial charge in [-0.3, -0.25) is 33.6 Å². The van der Waals surface area contributed by atoms with Gasteiger partial charge < -0.3 is 53.0 Å². The Bertz CT molecular complexity index is 2300. The van der Waals surface area contributed by atoms with Crippen molar-refractivity contribution in [2.75, 3.05) is 13.1 Å². The van der Waals surface area contributed by atoms with E-state index in [1.807, 2.05) is 98.8 Å². The minimum Gasteiger partial charge on any atom is -0.391 e. The van der Waals surface area contributed by atoms with Crippen molar-refractivity contribution < 1.29 is 38.7 Å². The van der Waals surface area contributed by atoms with E-state index in [1.54, 1.807) is 6.20 Å². The maximum Gasteiger partial charge on any atom is 0.245 e. The number of carbonyl (C=O) groups is 7. The summed E-state index contributed by atoms with van der Waals surface area (Å²) >= 11 is 0. The number of carbonyl (C=O) groups excluding carboxylic acids is 7. The Morgan fingerprint density at radius 3 is 1.74 bits per heavy atom. The molecule has 0 radical (unpaired) electrons. The first-order valence-corrected chi connectivity index (χ1v) is 24.3. The van der Waals surface area contributed by atoms with Crippen LogP contribution < -0.4 is 43.0 Å². The molecule has 11 N–H and O–H groups in total. The van der Waals surface area contributed by atoms with Crippen LogP contribution in [0.25, 0.3) is 10.9 Å². The van der Waals surface area contributed by atoms with E-state index in [-0.39, 0.29) is 50.4 Å². The van der Waals surface area contributed by atoms with Crippen molar-refractivity contribution in [2.24, 2.45) is 11.7 Å². The first kappa shape index (κ1) is 53.4. The highest BCUT2D eigenvalue weighted by Gasteiger charge is 2.35. The van der Waals surface area contributed by atoms with E-state index in [9.17, 15) is 38.7 Å². The molecule has 1 aromatic heterocycles. The number of hydrogen-bond donors (Lipinski definition) is 10. The number of nitrogens with one attached hydrogen (secondary N) is 8. The lowest BCUT2D eigenvalue weighted by atomic mass is 9.99. The van der Waals surface area contributed by atoms with Gasteiger partial charge in [0, 0.05) is 49.3 Å². The molecule has 2 heterocycles. The molecule has 3 aromatic carbocycles. The van der Waals surface area contributed by atoms with Crippen LogP contribution in [0.15, 0.2) is 91.1 Å². The summed E-state index contributed by atoms with van der Waals surface area (Å²) in [6, 6.07) is 18.5. The second-order valence-electron chi connectivity index (χ2n) is 18.4. The fraction of sp³-hybridized carbons (Fsp3) is 0.481. The molecular weight excluding hydrogens is 879 g/mol. The van der Waals surface area contributed by atoms with E-state index < -0.39 is 77.8 Å². The first-order chi connectivity index (χ1) is 33.2. The van der Waals surface area contributed by atoms with Crippen LogP contribution in [0, 0.1) is 5.92 Å². The molecule has 4 aromatic rings. The number of aliphatic hydroxyl groups is 1. The van der Waals surface area contributed by atoms with Crippen LogP contribution in [0.5, 0.6) is 0 Å². The number of aromatic nitrogens is 1. The van der Waals surface area contributed by atoms with Crippen LogP contribution in [0.3, 0.4) is 0 Å². The van der Waals surface area contributed by atoms with Crippen molar-refractivity contribution in [3.63, 3.8) is 0 Å². The first-order valence-electron chi connectivity index (χ1n) is 24.3. The Balaban J connectivity index is 1.50. The number of fused-ring (bicyclic) bond motifs is 1. The zero-order valence-electron chi connectivity index (χ0n) is 40.1. The van der Waals surface area contributed by atoms with Gasteiger partial charge in [0.1, 0.15) is 36.3 Å². The van der Waals surface area contributed by atoms with E-state index >= 15 is 0 Å². The van der Waals surface area contributed by atoms with Crippen LogP contribution in [0.2, 0.25) is 0 Å². The summed E-state index contributed by atoms with van der Waals surface area (Å²) in [5.74, 6) is -4.39. The lowest BCUT2D eigenvalue weighted by molar-refractivity contribution is -0.136. The molecule has 0 spiro atoms. The van der Waals surface area contributed by atoms with Gasteiger partial charge >= 0.3 is 0 Å². The SMILES string of the molecule is CC(C)C[C@@H]1NC(=O)[C@H](Cc2ccccc2)NC(=O)CCCCCCNC(=O)[C@H](Cc2ccccc2)NC(=O)[C@H]([C@@H](C)O)NC(=O)[C@H](CCCCN)NC(=O)[C@@H](Cc2c[nH]c3ccccc23)NC1=O. The summed E-state index contributed by atoms with van der Waals surface area (Å²) in [5.41, 5.74) is 8.89. The quantitative estimate of drug-likeness (QED) is 0.0883. The Morgan fingerprint density at radius 2 is 1.10 bits per heavy atom. The Labute approximate surface area is 404 Å². The molecule has 17 heteroatoms. The Kier molecular flexibility index (Phi) is 21.2. The third-order valence-corrected chi connectivity index (χ3v) is 12.2. The Hall–Kier alpha value is -6.59. The van der Waals surface area contributed by atoms with Crippen molar-refractivity contribution in [2.45, 2.75) is 140 Å². The maximum atomic E-state index is 14.6. The van der Waals surface area contributed by atoms with E-state index in [0.717, 1.165) is 22.0 Å². The minimum atomic E-state index is -1.53. The molecule has 0 saturated carbocycles. The third-order valence-electron chi connectivity index (χ3n) is 12.2. The lowest BCUT2D eigenvalue weighted by Crippen LogP contribution is -2.61. The normalized spacial score (nSPS) is 22.9. The van der Waals surface area contributed by atoms with Gasteiger partial charge in [0.25, 0.3) is 0 Å². The number of amides is 7. The fourth-order valence-electron chi connectivity index (χ4n) is 8.42. The number of unbranched alkanes of at least 4 members (excludes halogenated alkanes) is 1. The van der Waals surface area contributed by atoms with E-state index in [0.29, 0.717) is 57.2 Å². The summed E-state index contributed by atoms with van der Waals surface area (Å²) in [5, 5.41) is 31.5. The molecule has 7 atom stereocenters. The van der Waals surface area contributed by atoms with Crippen molar-refractivity contribution >= 4 is 52.3 Å². The molecule has 0 bridgehead atoms. The summed E-state index contributed by atoms with van der Waals surface area (Å²) in [7, 11) is 0. The topological polar surface area (TPSA) is 266 Å². The number of benzene rings is 3. The van der Waals surface area contributed by atoms with Crippen LogP contribution in [-0.4, -0.2) is 107 Å². The zero-order chi connectivity index (χ0) is 49.7. The van der Waals surface area contributed by atoms with Crippen molar-refractivity contribution in [1.82, 2.24) is 42.2 Å². The number of aliphatic hydroxyl groups excluding tert-OH is 1. The van der Waals surface area contributed by atoms with Crippen LogP contribution in [-0.2, 0) is 52.8 Å². The number of para-hydroxylation sites is 1. The monoisotopic (exact) mass is 950 g/mol. The van der Waals surface area contributed by atoms with E-state index in [2.05, 4.69) is 42.2 Å². The zero-order valence-corrected chi connectivity index (χ0v) is 40.1. The molecule has 69 heavy (non-hydrogen) atoms. The smallest absolute Gasteiger partial charge is 0.245 e. The number of H-pyrrole nitrogens is 1. The highest BCUT2D eigenvalue weighted by Crippen LogP contribution is 2.20. The van der Waals surface area contributed by atoms with Gasteiger partial charge in [-0.2, -0.15) is 0 Å².